The third-order valence-electron chi connectivity index (χ3n) is 8.73. The zero-order valence-corrected chi connectivity index (χ0v) is 23.1. The van der Waals surface area contributed by atoms with Crippen molar-refractivity contribution in [2.75, 3.05) is 26.7 Å². The molecular formula is C28H45N3O5. The molecule has 3 aliphatic heterocycles. The summed E-state index contributed by atoms with van der Waals surface area (Å²) in [6, 6.07) is -1.48. The van der Waals surface area contributed by atoms with Crippen LogP contribution < -0.4 is 0 Å². The van der Waals surface area contributed by atoms with Crippen molar-refractivity contribution in [3.05, 3.63) is 25.3 Å². The van der Waals surface area contributed by atoms with E-state index in [-0.39, 0.29) is 30.2 Å². The van der Waals surface area contributed by atoms with E-state index in [0.29, 0.717) is 25.9 Å². The molecule has 0 aromatic carbocycles. The maximum atomic E-state index is 14.4. The molecule has 7 atom stereocenters. The fourth-order valence-corrected chi connectivity index (χ4v) is 6.68. The first-order valence-electron chi connectivity index (χ1n) is 13.2. The molecule has 8 heteroatoms. The van der Waals surface area contributed by atoms with Gasteiger partial charge in [0.1, 0.15) is 11.6 Å². The van der Waals surface area contributed by atoms with Gasteiger partial charge in [0.05, 0.1) is 30.1 Å². The number of aliphatic hydroxyl groups excluding tert-OH is 1. The number of aliphatic hydroxyl groups is 1. The lowest BCUT2D eigenvalue weighted by Crippen LogP contribution is -2.62. The highest BCUT2D eigenvalue weighted by Crippen LogP contribution is 2.64. The van der Waals surface area contributed by atoms with Gasteiger partial charge >= 0.3 is 0 Å². The summed E-state index contributed by atoms with van der Waals surface area (Å²) in [6.07, 6.45) is 5.15. The van der Waals surface area contributed by atoms with Crippen LogP contribution in [0.4, 0.5) is 0 Å². The minimum atomic E-state index is -1.12. The van der Waals surface area contributed by atoms with Gasteiger partial charge in [0.15, 0.2) is 0 Å². The number of ether oxygens (including phenoxy) is 1. The van der Waals surface area contributed by atoms with Crippen LogP contribution in [0.3, 0.4) is 0 Å². The molecule has 3 amide bonds. The van der Waals surface area contributed by atoms with Gasteiger partial charge in [-0.05, 0) is 46.5 Å². The first kappa shape index (κ1) is 28.4. The van der Waals surface area contributed by atoms with Gasteiger partial charge < -0.3 is 24.5 Å². The molecule has 3 aliphatic rings. The van der Waals surface area contributed by atoms with Crippen LogP contribution in [-0.2, 0) is 19.1 Å². The monoisotopic (exact) mass is 503 g/mol. The van der Waals surface area contributed by atoms with Gasteiger partial charge in [-0.25, -0.2) is 0 Å². The number of fused-ring (bicyclic) bond motifs is 1. The average molecular weight is 504 g/mol. The summed E-state index contributed by atoms with van der Waals surface area (Å²) in [7, 11) is 1.70. The topological polar surface area (TPSA) is 90.4 Å². The quantitative estimate of drug-likeness (QED) is 0.463. The molecule has 0 radical (unpaired) electrons. The third-order valence-corrected chi connectivity index (χ3v) is 8.73. The first-order valence-corrected chi connectivity index (χ1v) is 13.2. The molecule has 0 aromatic rings. The van der Waals surface area contributed by atoms with Crippen LogP contribution in [0.2, 0.25) is 0 Å². The molecule has 1 N–H and O–H groups in total. The van der Waals surface area contributed by atoms with E-state index in [4.69, 9.17) is 4.74 Å². The normalized spacial score (nSPS) is 32.7. The van der Waals surface area contributed by atoms with E-state index >= 15 is 0 Å². The van der Waals surface area contributed by atoms with Crippen molar-refractivity contribution in [3.63, 3.8) is 0 Å². The molecule has 3 saturated heterocycles. The molecule has 0 aromatic heterocycles. The summed E-state index contributed by atoms with van der Waals surface area (Å²) in [6.45, 7) is 19.7. The van der Waals surface area contributed by atoms with E-state index in [2.05, 4.69) is 13.2 Å². The van der Waals surface area contributed by atoms with Gasteiger partial charge in [0.25, 0.3) is 0 Å². The van der Waals surface area contributed by atoms with Crippen LogP contribution in [0.1, 0.15) is 60.8 Å². The summed E-state index contributed by atoms with van der Waals surface area (Å²) < 4.78 is 6.73. The van der Waals surface area contributed by atoms with Gasteiger partial charge in [-0.15, -0.1) is 13.2 Å². The van der Waals surface area contributed by atoms with E-state index in [0.717, 1.165) is 6.42 Å². The van der Waals surface area contributed by atoms with Crippen molar-refractivity contribution in [3.8, 4) is 0 Å². The molecule has 0 aliphatic carbocycles. The number of amides is 3. The van der Waals surface area contributed by atoms with Crippen LogP contribution in [0.5, 0.6) is 0 Å². The molecule has 0 saturated carbocycles. The van der Waals surface area contributed by atoms with Gasteiger partial charge in [0.2, 0.25) is 17.7 Å². The van der Waals surface area contributed by atoms with Crippen molar-refractivity contribution in [1.29, 1.82) is 0 Å². The van der Waals surface area contributed by atoms with E-state index in [9.17, 15) is 19.5 Å². The zero-order chi connectivity index (χ0) is 27.2. The van der Waals surface area contributed by atoms with Crippen LogP contribution in [-0.4, -0.2) is 93.1 Å². The number of carbonyl (C=O) groups excluding carboxylic acids is 3. The van der Waals surface area contributed by atoms with Crippen LogP contribution in [0.25, 0.3) is 0 Å². The SMILES string of the molecule is C=CCN(C)C(=O)[C@H]1[C@H]2C(=O)N([C@@H](CO)[C@@H](C)CC)C(C(=O)N(CC=C)C(C)(C)C)C23CC[C@]1(C)O3. The predicted molar refractivity (Wildman–Crippen MR) is 139 cm³/mol. The number of hydrogen-bond acceptors (Lipinski definition) is 5. The molecule has 2 unspecified atom stereocenters. The van der Waals surface area contributed by atoms with Crippen molar-refractivity contribution < 1.29 is 24.2 Å². The highest BCUT2D eigenvalue weighted by molar-refractivity contribution is 5.99. The molecule has 1 spiro atoms. The largest absolute Gasteiger partial charge is 0.394 e. The Hall–Kier alpha value is -2.19. The molecule has 8 nitrogen and oxygen atoms in total. The van der Waals surface area contributed by atoms with E-state index < -0.39 is 40.7 Å². The lowest BCUT2D eigenvalue weighted by molar-refractivity contribution is -0.160. The Bertz CT molecular complexity index is 913. The van der Waals surface area contributed by atoms with E-state index in [1.54, 1.807) is 33.9 Å². The number of likely N-dealkylation sites (N-methyl/N-ethyl adjacent to an activating group) is 1. The van der Waals surface area contributed by atoms with Gasteiger partial charge in [-0.1, -0.05) is 32.4 Å². The minimum Gasteiger partial charge on any atom is -0.394 e. The summed E-state index contributed by atoms with van der Waals surface area (Å²) in [5.74, 6) is -2.20. The summed E-state index contributed by atoms with van der Waals surface area (Å²) >= 11 is 0. The van der Waals surface area contributed by atoms with E-state index in [1.165, 1.54) is 0 Å². The second kappa shape index (κ2) is 9.93. The lowest BCUT2D eigenvalue weighted by Gasteiger charge is -2.44. The van der Waals surface area contributed by atoms with Crippen LogP contribution in [0, 0.1) is 17.8 Å². The molecule has 2 bridgehead atoms. The Labute approximate surface area is 216 Å². The molecular weight excluding hydrogens is 458 g/mol. The first-order chi connectivity index (χ1) is 16.8. The molecule has 36 heavy (non-hydrogen) atoms. The minimum absolute atomic E-state index is 0.0441. The van der Waals surface area contributed by atoms with E-state index in [1.807, 2.05) is 41.5 Å². The second-order valence-corrected chi connectivity index (χ2v) is 12.0. The zero-order valence-electron chi connectivity index (χ0n) is 23.1. The van der Waals surface area contributed by atoms with Crippen molar-refractivity contribution >= 4 is 17.7 Å². The lowest BCUT2D eigenvalue weighted by atomic mass is 9.66. The highest BCUT2D eigenvalue weighted by Gasteiger charge is 2.79. The number of nitrogens with zero attached hydrogens (tertiary/aromatic N) is 3. The second-order valence-electron chi connectivity index (χ2n) is 12.0. The molecule has 3 heterocycles. The third kappa shape index (κ3) is 4.20. The van der Waals surface area contributed by atoms with Gasteiger partial charge in [0, 0.05) is 25.7 Å². The van der Waals surface area contributed by atoms with Crippen LogP contribution >= 0.6 is 0 Å². The fraction of sp³-hybridized carbons (Fsp3) is 0.750. The molecule has 202 valence electrons. The predicted octanol–water partition coefficient (Wildman–Crippen LogP) is 2.62. The Balaban J connectivity index is 2.20. The summed E-state index contributed by atoms with van der Waals surface area (Å²) in [5, 5.41) is 10.5. The Morgan fingerprint density at radius 2 is 1.83 bits per heavy atom. The fourth-order valence-electron chi connectivity index (χ4n) is 6.68. The van der Waals surface area contributed by atoms with Crippen molar-refractivity contribution in [1.82, 2.24) is 14.7 Å². The van der Waals surface area contributed by atoms with Gasteiger partial charge in [-0.3, -0.25) is 14.4 Å². The standard InChI is InChI=1S/C28H45N3O5/c1-10-15-29(9)23(33)20-21-24(34)31(19(17-32)18(4)12-3)22(28(21)14-13-27(20,8)36-28)25(35)30(16-11-2)26(5,6)7/h10-11,18-22,32H,1-2,12-17H2,3-9H3/t18-,19-,20+,21-,22?,27-,28?/m0/s1. The maximum Gasteiger partial charge on any atom is 0.249 e. The highest BCUT2D eigenvalue weighted by atomic mass is 16.5. The molecule has 3 fully saturated rings. The smallest absolute Gasteiger partial charge is 0.249 e. The summed E-state index contributed by atoms with van der Waals surface area (Å²) in [4.78, 5) is 47.3. The number of rotatable bonds is 10. The summed E-state index contributed by atoms with van der Waals surface area (Å²) in [5.41, 5.74) is -2.49. The Kier molecular flexibility index (Phi) is 7.83. The maximum absolute atomic E-state index is 14.4. The van der Waals surface area contributed by atoms with Gasteiger partial charge in [-0.2, -0.15) is 0 Å². The Morgan fingerprint density at radius 3 is 2.33 bits per heavy atom. The number of likely N-dealkylation sites (tertiary alicyclic amines) is 1. The molecule has 3 rings (SSSR count). The number of carbonyl (C=O) groups is 3. The number of hydrogen-bond donors (Lipinski definition) is 1. The van der Waals surface area contributed by atoms with Crippen LogP contribution in [0.15, 0.2) is 25.3 Å². The Morgan fingerprint density at radius 1 is 1.22 bits per heavy atom. The van der Waals surface area contributed by atoms with Crippen molar-refractivity contribution in [2.24, 2.45) is 17.8 Å². The van der Waals surface area contributed by atoms with Crippen molar-refractivity contribution in [2.45, 2.75) is 89.6 Å². The average Bonchev–Trinajstić information content (AvgIpc) is 3.37.